The van der Waals surface area contributed by atoms with E-state index >= 15 is 0 Å². The lowest BCUT2D eigenvalue weighted by Gasteiger charge is -2.29. The van der Waals surface area contributed by atoms with Crippen LogP contribution < -0.4 is 0 Å². The van der Waals surface area contributed by atoms with Crippen molar-refractivity contribution >= 4 is 10.8 Å². The van der Waals surface area contributed by atoms with E-state index < -0.39 is 16.4 Å². The maximum absolute atomic E-state index is 12.9. The third kappa shape index (κ3) is 3.06. The maximum atomic E-state index is 12.9. The van der Waals surface area contributed by atoms with Crippen molar-refractivity contribution in [1.29, 1.82) is 0 Å². The van der Waals surface area contributed by atoms with Gasteiger partial charge in [0, 0.05) is 10.5 Å². The van der Waals surface area contributed by atoms with E-state index in [1.165, 1.54) is 0 Å². The lowest BCUT2D eigenvalue weighted by Crippen LogP contribution is -2.27. The molecule has 1 N–H and O–H groups in total. The largest absolute Gasteiger partial charge is 0.381 e. The van der Waals surface area contributed by atoms with E-state index in [2.05, 4.69) is 6.58 Å². The molecular formula is C19H22O2S. The molecule has 2 atom stereocenters. The van der Waals surface area contributed by atoms with Gasteiger partial charge in [0.15, 0.2) is 0 Å². The van der Waals surface area contributed by atoms with Crippen LogP contribution in [0.25, 0.3) is 0 Å². The zero-order chi connectivity index (χ0) is 16.3. The van der Waals surface area contributed by atoms with Crippen molar-refractivity contribution in [2.45, 2.75) is 42.6 Å². The Kier molecular flexibility index (Phi) is 4.99. The normalized spacial score (nSPS) is 15.1. The number of benzene rings is 2. The van der Waals surface area contributed by atoms with Crippen molar-refractivity contribution in [3.8, 4) is 0 Å². The Labute approximate surface area is 135 Å². The predicted molar refractivity (Wildman–Crippen MR) is 91.3 cm³/mol. The summed E-state index contributed by atoms with van der Waals surface area (Å²) in [6.45, 7) is 9.61. The molecular weight excluding hydrogens is 292 g/mol. The van der Waals surface area contributed by atoms with Gasteiger partial charge in [-0.3, -0.25) is 0 Å². The van der Waals surface area contributed by atoms with Crippen molar-refractivity contribution in [2.75, 3.05) is 0 Å². The highest BCUT2D eigenvalue weighted by molar-refractivity contribution is 7.85. The lowest BCUT2D eigenvalue weighted by atomic mass is 9.85. The monoisotopic (exact) mass is 314 g/mol. The SMILES string of the molecule is C=C(C)[C@](O)(CC)c1ccccc1S(=O)c1ccc(C)cc1. The van der Waals surface area contributed by atoms with Gasteiger partial charge in [-0.05, 0) is 44.0 Å². The summed E-state index contributed by atoms with van der Waals surface area (Å²) in [5.41, 5.74) is 1.30. The van der Waals surface area contributed by atoms with Gasteiger partial charge in [0.1, 0.15) is 5.60 Å². The van der Waals surface area contributed by atoms with Gasteiger partial charge in [-0.15, -0.1) is 0 Å². The van der Waals surface area contributed by atoms with Crippen LogP contribution >= 0.6 is 0 Å². The average Bonchev–Trinajstić information content (AvgIpc) is 2.54. The second-order valence-electron chi connectivity index (χ2n) is 5.57. The van der Waals surface area contributed by atoms with Crippen LogP contribution in [-0.4, -0.2) is 9.32 Å². The average molecular weight is 314 g/mol. The number of hydrogen-bond donors (Lipinski definition) is 1. The molecule has 0 fully saturated rings. The Morgan fingerprint density at radius 1 is 1.18 bits per heavy atom. The molecule has 22 heavy (non-hydrogen) atoms. The highest BCUT2D eigenvalue weighted by Crippen LogP contribution is 2.36. The van der Waals surface area contributed by atoms with E-state index in [1.807, 2.05) is 62.4 Å². The Morgan fingerprint density at radius 3 is 2.32 bits per heavy atom. The van der Waals surface area contributed by atoms with Gasteiger partial charge in [0.25, 0.3) is 0 Å². The molecule has 0 amide bonds. The number of rotatable bonds is 5. The molecule has 0 aromatic heterocycles. The van der Waals surface area contributed by atoms with E-state index in [1.54, 1.807) is 6.92 Å². The van der Waals surface area contributed by atoms with Crippen molar-refractivity contribution in [2.24, 2.45) is 0 Å². The maximum Gasteiger partial charge on any atom is 0.111 e. The molecule has 0 saturated carbocycles. The van der Waals surface area contributed by atoms with Crippen molar-refractivity contribution < 1.29 is 9.32 Å². The van der Waals surface area contributed by atoms with Gasteiger partial charge in [0.05, 0.1) is 15.7 Å². The summed E-state index contributed by atoms with van der Waals surface area (Å²) in [7, 11) is -1.33. The number of aryl methyl sites for hydroxylation is 1. The van der Waals surface area contributed by atoms with E-state index in [9.17, 15) is 9.32 Å². The van der Waals surface area contributed by atoms with Gasteiger partial charge in [-0.2, -0.15) is 0 Å². The van der Waals surface area contributed by atoms with Crippen LogP contribution in [0.5, 0.6) is 0 Å². The first-order valence-electron chi connectivity index (χ1n) is 7.36. The summed E-state index contributed by atoms with van der Waals surface area (Å²) in [4.78, 5) is 1.37. The van der Waals surface area contributed by atoms with Gasteiger partial charge in [-0.25, -0.2) is 4.21 Å². The second kappa shape index (κ2) is 6.59. The molecule has 0 radical (unpaired) electrons. The van der Waals surface area contributed by atoms with Crippen LogP contribution in [-0.2, 0) is 16.4 Å². The van der Waals surface area contributed by atoms with Gasteiger partial charge in [0.2, 0.25) is 0 Å². The highest BCUT2D eigenvalue weighted by Gasteiger charge is 2.32. The zero-order valence-electron chi connectivity index (χ0n) is 13.3. The molecule has 0 heterocycles. The molecule has 2 nitrogen and oxygen atoms in total. The third-order valence-electron chi connectivity index (χ3n) is 3.99. The predicted octanol–water partition coefficient (Wildman–Crippen LogP) is 4.34. The van der Waals surface area contributed by atoms with Crippen LogP contribution in [0.15, 0.2) is 70.5 Å². The van der Waals surface area contributed by atoms with Gasteiger partial charge in [-0.1, -0.05) is 49.4 Å². The summed E-state index contributed by atoms with van der Waals surface area (Å²) < 4.78 is 12.9. The topological polar surface area (TPSA) is 37.3 Å². The van der Waals surface area contributed by atoms with E-state index in [4.69, 9.17) is 0 Å². The quantitative estimate of drug-likeness (QED) is 0.834. The van der Waals surface area contributed by atoms with Crippen LogP contribution in [0.1, 0.15) is 31.4 Å². The molecule has 116 valence electrons. The molecule has 2 aromatic carbocycles. The molecule has 0 bridgehead atoms. The Hall–Kier alpha value is -1.71. The number of aliphatic hydroxyl groups is 1. The minimum atomic E-state index is -1.33. The lowest BCUT2D eigenvalue weighted by molar-refractivity contribution is 0.0696. The minimum absolute atomic E-state index is 0.491. The Balaban J connectivity index is 2.55. The first-order valence-corrected chi connectivity index (χ1v) is 8.51. The fourth-order valence-electron chi connectivity index (χ4n) is 2.48. The second-order valence-corrected chi connectivity index (χ2v) is 7.02. The Morgan fingerprint density at radius 2 is 1.77 bits per heavy atom. The van der Waals surface area contributed by atoms with Crippen LogP contribution in [0.4, 0.5) is 0 Å². The highest BCUT2D eigenvalue weighted by atomic mass is 32.2. The molecule has 1 unspecified atom stereocenters. The van der Waals surface area contributed by atoms with Gasteiger partial charge >= 0.3 is 0 Å². The molecule has 0 aliphatic rings. The van der Waals surface area contributed by atoms with Crippen LogP contribution in [0.2, 0.25) is 0 Å². The summed E-state index contributed by atoms with van der Waals surface area (Å²) in [6, 6.07) is 15.0. The van der Waals surface area contributed by atoms with E-state index in [-0.39, 0.29) is 0 Å². The minimum Gasteiger partial charge on any atom is -0.381 e. The standard InChI is InChI=1S/C19H22O2S/c1-5-19(20,14(2)3)17-8-6-7-9-18(17)22(21)16-12-10-15(4)11-13-16/h6-13,20H,2,5H2,1,3-4H3/t19-,22?/m1/s1. The third-order valence-corrected chi connectivity index (χ3v) is 5.44. The fourth-order valence-corrected chi connectivity index (χ4v) is 3.76. The first-order chi connectivity index (χ1) is 10.4. The molecule has 2 rings (SSSR count). The van der Waals surface area contributed by atoms with Crippen molar-refractivity contribution in [3.05, 3.63) is 71.8 Å². The Bertz CT molecular complexity index is 704. The summed E-state index contributed by atoms with van der Waals surface area (Å²) in [5, 5.41) is 11.0. The molecule has 2 aromatic rings. The number of hydrogen-bond acceptors (Lipinski definition) is 2. The van der Waals surface area contributed by atoms with Crippen LogP contribution in [0, 0.1) is 6.92 Å². The van der Waals surface area contributed by atoms with Crippen molar-refractivity contribution in [3.63, 3.8) is 0 Å². The molecule has 0 aliphatic carbocycles. The van der Waals surface area contributed by atoms with E-state index in [0.717, 1.165) is 10.5 Å². The molecule has 3 heteroatoms. The summed E-state index contributed by atoms with van der Waals surface area (Å²) >= 11 is 0. The first kappa shape index (κ1) is 16.7. The van der Waals surface area contributed by atoms with Crippen LogP contribution in [0.3, 0.4) is 0 Å². The molecule has 0 saturated heterocycles. The zero-order valence-corrected chi connectivity index (χ0v) is 14.1. The molecule has 0 aliphatic heterocycles. The van der Waals surface area contributed by atoms with Gasteiger partial charge < -0.3 is 5.11 Å². The smallest absolute Gasteiger partial charge is 0.111 e. The summed E-state index contributed by atoms with van der Waals surface area (Å²) in [6.07, 6.45) is 0.491. The summed E-state index contributed by atoms with van der Waals surface area (Å²) in [5.74, 6) is 0. The molecule has 0 spiro atoms. The van der Waals surface area contributed by atoms with Crippen molar-refractivity contribution in [1.82, 2.24) is 0 Å². The fraction of sp³-hybridized carbons (Fsp3) is 0.263. The van der Waals surface area contributed by atoms with E-state index in [0.29, 0.717) is 22.5 Å².